The van der Waals surface area contributed by atoms with Crippen molar-refractivity contribution in [3.05, 3.63) is 53.3 Å². The highest BCUT2D eigenvalue weighted by Crippen LogP contribution is 2.43. The Labute approximate surface area is 154 Å². The van der Waals surface area contributed by atoms with Crippen LogP contribution in [0, 0.1) is 5.82 Å². The van der Waals surface area contributed by atoms with Crippen LogP contribution in [0.1, 0.15) is 18.1 Å². The molecule has 0 N–H and O–H groups in total. The highest BCUT2D eigenvalue weighted by molar-refractivity contribution is 6.42. The first-order valence-electron chi connectivity index (χ1n) is 8.34. The van der Waals surface area contributed by atoms with E-state index in [1.54, 1.807) is 18.2 Å². The van der Waals surface area contributed by atoms with Crippen LogP contribution in [-0.2, 0) is 14.3 Å². The minimum absolute atomic E-state index is 0.194. The first-order chi connectivity index (χ1) is 13.0. The van der Waals surface area contributed by atoms with Crippen LogP contribution in [0.2, 0.25) is 0 Å². The fourth-order valence-corrected chi connectivity index (χ4v) is 3.32. The lowest BCUT2D eigenvalue weighted by atomic mass is 10.0. The Balaban J connectivity index is 1.92. The van der Waals surface area contributed by atoms with Crippen molar-refractivity contribution in [2.75, 3.05) is 25.2 Å². The lowest BCUT2D eigenvalue weighted by molar-refractivity contribution is -0.122. The summed E-state index contributed by atoms with van der Waals surface area (Å²) in [5, 5.41) is 0. The summed E-state index contributed by atoms with van der Waals surface area (Å²) in [5.74, 6) is -0.173. The standard InChI is InChI=1S/C20H16FNO5/c1-11(23)22-15-10-13(21)4-5-14(15)18(20(22)24)19(25-2)12-3-6-16-17(9-12)27-8-7-26-16/h3-6,9-10H,7-8H2,1-2H3/b19-18+. The molecule has 0 aromatic heterocycles. The molecule has 4 rings (SSSR count). The topological polar surface area (TPSA) is 65.1 Å². The van der Waals surface area contributed by atoms with Gasteiger partial charge in [-0.3, -0.25) is 9.59 Å². The zero-order chi connectivity index (χ0) is 19.1. The van der Waals surface area contributed by atoms with Gasteiger partial charge in [0, 0.05) is 18.1 Å². The Morgan fingerprint density at radius 1 is 1.11 bits per heavy atom. The van der Waals surface area contributed by atoms with Crippen LogP contribution in [0.3, 0.4) is 0 Å². The zero-order valence-electron chi connectivity index (χ0n) is 14.7. The van der Waals surface area contributed by atoms with E-state index in [1.807, 2.05) is 0 Å². The van der Waals surface area contributed by atoms with Crippen molar-refractivity contribution in [2.24, 2.45) is 0 Å². The molecule has 2 aromatic rings. The van der Waals surface area contributed by atoms with Crippen molar-refractivity contribution in [3.63, 3.8) is 0 Å². The van der Waals surface area contributed by atoms with Gasteiger partial charge in [-0.05, 0) is 36.4 Å². The number of amides is 2. The number of nitrogens with zero attached hydrogens (tertiary/aromatic N) is 1. The Morgan fingerprint density at radius 2 is 1.85 bits per heavy atom. The highest BCUT2D eigenvalue weighted by atomic mass is 19.1. The van der Waals surface area contributed by atoms with Gasteiger partial charge in [0.2, 0.25) is 5.91 Å². The molecule has 6 nitrogen and oxygen atoms in total. The zero-order valence-corrected chi connectivity index (χ0v) is 14.7. The number of methoxy groups -OCH3 is 1. The second-order valence-corrected chi connectivity index (χ2v) is 6.09. The van der Waals surface area contributed by atoms with E-state index in [0.717, 1.165) is 4.90 Å². The van der Waals surface area contributed by atoms with Crippen molar-refractivity contribution in [3.8, 4) is 11.5 Å². The third-order valence-electron chi connectivity index (χ3n) is 4.44. The van der Waals surface area contributed by atoms with Crippen LogP contribution in [-0.4, -0.2) is 32.1 Å². The third-order valence-corrected chi connectivity index (χ3v) is 4.44. The average Bonchev–Trinajstić information content (AvgIpc) is 2.94. The highest BCUT2D eigenvalue weighted by Gasteiger charge is 2.38. The number of hydrogen-bond acceptors (Lipinski definition) is 5. The molecular weight excluding hydrogens is 353 g/mol. The molecule has 0 saturated carbocycles. The number of rotatable bonds is 2. The monoisotopic (exact) mass is 369 g/mol. The first-order valence-corrected chi connectivity index (χ1v) is 8.34. The normalized spacial score (nSPS) is 16.9. The molecule has 7 heteroatoms. The predicted molar refractivity (Wildman–Crippen MR) is 95.8 cm³/mol. The Kier molecular flexibility index (Phi) is 4.07. The van der Waals surface area contributed by atoms with Gasteiger partial charge in [-0.1, -0.05) is 0 Å². The molecule has 138 valence electrons. The molecule has 0 atom stereocenters. The molecule has 2 amide bonds. The minimum atomic E-state index is -0.560. The minimum Gasteiger partial charge on any atom is -0.495 e. The Bertz CT molecular complexity index is 998. The van der Waals surface area contributed by atoms with E-state index >= 15 is 0 Å². The molecule has 27 heavy (non-hydrogen) atoms. The molecular formula is C20H16FNO5. The average molecular weight is 369 g/mol. The first kappa shape index (κ1) is 17.1. The number of carbonyl (C=O) groups excluding carboxylic acids is 2. The maximum atomic E-state index is 13.7. The second-order valence-electron chi connectivity index (χ2n) is 6.09. The molecule has 0 saturated heterocycles. The molecule has 2 aliphatic heterocycles. The van der Waals surface area contributed by atoms with Crippen LogP contribution in [0.25, 0.3) is 11.3 Å². The fourth-order valence-electron chi connectivity index (χ4n) is 3.32. The number of carbonyl (C=O) groups is 2. The summed E-state index contributed by atoms with van der Waals surface area (Å²) >= 11 is 0. The van der Waals surface area contributed by atoms with E-state index in [1.165, 1.54) is 32.2 Å². The summed E-state index contributed by atoms with van der Waals surface area (Å²) in [4.78, 5) is 25.9. The number of halogens is 1. The van der Waals surface area contributed by atoms with E-state index in [-0.39, 0.29) is 17.0 Å². The van der Waals surface area contributed by atoms with Gasteiger partial charge in [0.1, 0.15) is 24.8 Å². The summed E-state index contributed by atoms with van der Waals surface area (Å²) in [7, 11) is 1.44. The molecule has 0 unspecified atom stereocenters. The van der Waals surface area contributed by atoms with Crippen LogP contribution in [0.5, 0.6) is 11.5 Å². The summed E-state index contributed by atoms with van der Waals surface area (Å²) < 4.78 is 30.4. The van der Waals surface area contributed by atoms with Crippen LogP contribution in [0.4, 0.5) is 10.1 Å². The van der Waals surface area contributed by atoms with E-state index in [2.05, 4.69) is 0 Å². The van der Waals surface area contributed by atoms with E-state index < -0.39 is 17.6 Å². The van der Waals surface area contributed by atoms with Crippen molar-refractivity contribution in [2.45, 2.75) is 6.92 Å². The molecule has 2 aromatic carbocycles. The number of fused-ring (bicyclic) bond motifs is 2. The molecule has 0 radical (unpaired) electrons. The summed E-state index contributed by atoms with van der Waals surface area (Å²) in [6.07, 6.45) is 0. The lowest BCUT2D eigenvalue weighted by Gasteiger charge is -2.19. The Hall–Kier alpha value is -3.35. The van der Waals surface area contributed by atoms with E-state index in [4.69, 9.17) is 14.2 Å². The quantitative estimate of drug-likeness (QED) is 0.601. The number of hydrogen-bond donors (Lipinski definition) is 0. The van der Waals surface area contributed by atoms with Gasteiger partial charge in [-0.15, -0.1) is 0 Å². The number of imide groups is 1. The maximum Gasteiger partial charge on any atom is 0.269 e. The maximum absolute atomic E-state index is 13.7. The van der Waals surface area contributed by atoms with Crippen molar-refractivity contribution < 1.29 is 28.2 Å². The molecule has 0 bridgehead atoms. The summed E-state index contributed by atoms with van der Waals surface area (Å²) in [6, 6.07) is 9.07. The predicted octanol–water partition coefficient (Wildman–Crippen LogP) is 3.00. The third kappa shape index (κ3) is 2.71. The van der Waals surface area contributed by atoms with E-state index in [9.17, 15) is 14.0 Å². The molecule has 2 heterocycles. The summed E-state index contributed by atoms with van der Waals surface area (Å²) in [5.41, 5.74) is 1.42. The van der Waals surface area contributed by atoms with Gasteiger partial charge in [-0.2, -0.15) is 0 Å². The van der Waals surface area contributed by atoms with E-state index in [0.29, 0.717) is 35.8 Å². The van der Waals surface area contributed by atoms with Gasteiger partial charge in [-0.25, -0.2) is 9.29 Å². The van der Waals surface area contributed by atoms with Gasteiger partial charge >= 0.3 is 0 Å². The molecule has 2 aliphatic rings. The molecule has 0 aliphatic carbocycles. The van der Waals surface area contributed by atoms with Crippen molar-refractivity contribution in [1.29, 1.82) is 0 Å². The van der Waals surface area contributed by atoms with Crippen LogP contribution in [0.15, 0.2) is 36.4 Å². The van der Waals surface area contributed by atoms with Gasteiger partial charge in [0.15, 0.2) is 11.5 Å². The number of anilines is 1. The smallest absolute Gasteiger partial charge is 0.269 e. The van der Waals surface area contributed by atoms with Crippen LogP contribution < -0.4 is 14.4 Å². The van der Waals surface area contributed by atoms with Gasteiger partial charge in [0.25, 0.3) is 5.91 Å². The SMILES string of the molecule is CO/C(=C1/C(=O)N(C(C)=O)c2cc(F)ccc21)c1ccc2c(c1)OCCO2. The second kappa shape index (κ2) is 6.42. The van der Waals surface area contributed by atoms with Gasteiger partial charge in [0.05, 0.1) is 18.4 Å². The largest absolute Gasteiger partial charge is 0.495 e. The molecule has 0 fully saturated rings. The van der Waals surface area contributed by atoms with Gasteiger partial charge < -0.3 is 14.2 Å². The lowest BCUT2D eigenvalue weighted by Crippen LogP contribution is -2.31. The fraction of sp³-hybridized carbons (Fsp3) is 0.200. The van der Waals surface area contributed by atoms with Crippen molar-refractivity contribution in [1.82, 2.24) is 0 Å². The number of benzene rings is 2. The van der Waals surface area contributed by atoms with Crippen LogP contribution >= 0.6 is 0 Å². The molecule has 0 spiro atoms. The number of ether oxygens (including phenoxy) is 3. The van der Waals surface area contributed by atoms with Crippen molar-refractivity contribution >= 4 is 28.8 Å². The summed E-state index contributed by atoms with van der Waals surface area (Å²) in [6.45, 7) is 2.15. The Morgan fingerprint density at radius 3 is 2.56 bits per heavy atom.